The van der Waals surface area contributed by atoms with Gasteiger partial charge in [0.25, 0.3) is 0 Å². The van der Waals surface area contributed by atoms with Gasteiger partial charge in [0.15, 0.2) is 0 Å². The lowest BCUT2D eigenvalue weighted by Crippen LogP contribution is -2.33. The second-order valence-corrected chi connectivity index (χ2v) is 7.11. The Balaban J connectivity index is 1.91. The molecule has 0 aliphatic rings. The summed E-state index contributed by atoms with van der Waals surface area (Å²) in [6, 6.07) is 13.6. The van der Waals surface area contributed by atoms with Crippen molar-refractivity contribution in [2.24, 2.45) is 0 Å². The number of thioether (sulfide) groups is 1. The summed E-state index contributed by atoms with van der Waals surface area (Å²) >= 11 is 3.83. The van der Waals surface area contributed by atoms with Gasteiger partial charge in [0.1, 0.15) is 0 Å². The number of rotatable bonds is 8. The van der Waals surface area contributed by atoms with E-state index in [4.69, 9.17) is 0 Å². The van der Waals surface area contributed by atoms with Crippen LogP contribution in [0.4, 0.5) is 0 Å². The molecule has 1 aromatic heterocycles. The first kappa shape index (κ1) is 15.6. The van der Waals surface area contributed by atoms with E-state index in [0.717, 1.165) is 18.7 Å². The van der Waals surface area contributed by atoms with Gasteiger partial charge in [-0.1, -0.05) is 31.2 Å². The minimum Gasteiger partial charge on any atom is -0.313 e. The average Bonchev–Trinajstić information content (AvgIpc) is 2.96. The second kappa shape index (κ2) is 8.50. The summed E-state index contributed by atoms with van der Waals surface area (Å²) in [6.45, 7) is 5.52. The monoisotopic (exact) mass is 305 g/mol. The highest BCUT2D eigenvalue weighted by Gasteiger charge is 2.11. The lowest BCUT2D eigenvalue weighted by Gasteiger charge is -2.18. The van der Waals surface area contributed by atoms with Gasteiger partial charge in [-0.15, -0.1) is 23.1 Å². The van der Waals surface area contributed by atoms with Crippen LogP contribution in [0.5, 0.6) is 0 Å². The molecule has 1 N–H and O–H groups in total. The summed E-state index contributed by atoms with van der Waals surface area (Å²) in [4.78, 5) is 2.88. The minimum atomic E-state index is 0.554. The molecule has 2 rings (SSSR count). The highest BCUT2D eigenvalue weighted by Crippen LogP contribution is 2.23. The third kappa shape index (κ3) is 4.97. The number of nitrogens with one attached hydrogen (secondary N) is 1. The minimum absolute atomic E-state index is 0.554. The Labute approximate surface area is 130 Å². The van der Waals surface area contributed by atoms with E-state index in [2.05, 4.69) is 60.9 Å². The SMILES string of the molecule is CCCNC(CSc1ccccc1C)Cc1cccs1. The fourth-order valence-electron chi connectivity index (χ4n) is 2.12. The van der Waals surface area contributed by atoms with Crippen molar-refractivity contribution in [3.63, 3.8) is 0 Å². The van der Waals surface area contributed by atoms with Crippen LogP contribution in [0.1, 0.15) is 23.8 Å². The lowest BCUT2D eigenvalue weighted by atomic mass is 10.2. The molecule has 0 aliphatic heterocycles. The molecule has 3 heteroatoms. The molecule has 2 aromatic rings. The van der Waals surface area contributed by atoms with Crippen molar-refractivity contribution in [3.8, 4) is 0 Å². The second-order valence-electron chi connectivity index (χ2n) is 5.01. The van der Waals surface area contributed by atoms with Crippen molar-refractivity contribution in [1.82, 2.24) is 5.32 Å². The molecule has 1 unspecified atom stereocenters. The van der Waals surface area contributed by atoms with Crippen LogP contribution < -0.4 is 5.32 Å². The maximum absolute atomic E-state index is 3.68. The predicted octanol–water partition coefficient (Wildman–Crippen LogP) is 4.76. The van der Waals surface area contributed by atoms with E-state index in [9.17, 15) is 0 Å². The smallest absolute Gasteiger partial charge is 0.0209 e. The molecule has 108 valence electrons. The van der Waals surface area contributed by atoms with Crippen LogP contribution in [0, 0.1) is 6.92 Å². The largest absolute Gasteiger partial charge is 0.313 e. The fourth-order valence-corrected chi connectivity index (χ4v) is 3.99. The zero-order valence-electron chi connectivity index (χ0n) is 12.3. The zero-order valence-corrected chi connectivity index (χ0v) is 13.9. The number of thiophene rings is 1. The first-order chi connectivity index (χ1) is 9.79. The summed E-state index contributed by atoms with van der Waals surface area (Å²) < 4.78 is 0. The highest BCUT2D eigenvalue weighted by molar-refractivity contribution is 7.99. The molecule has 1 aromatic carbocycles. The van der Waals surface area contributed by atoms with Crippen molar-refractivity contribution in [3.05, 3.63) is 52.2 Å². The number of benzene rings is 1. The Morgan fingerprint density at radius 2 is 2.05 bits per heavy atom. The normalized spacial score (nSPS) is 12.5. The van der Waals surface area contributed by atoms with E-state index in [1.807, 2.05) is 23.1 Å². The van der Waals surface area contributed by atoms with E-state index >= 15 is 0 Å². The summed E-state index contributed by atoms with van der Waals surface area (Å²) in [7, 11) is 0. The Morgan fingerprint density at radius 3 is 2.75 bits per heavy atom. The molecule has 1 heterocycles. The molecule has 0 saturated heterocycles. The zero-order chi connectivity index (χ0) is 14.2. The van der Waals surface area contributed by atoms with Crippen LogP contribution in [0.15, 0.2) is 46.7 Å². The molecule has 0 fully saturated rings. The maximum Gasteiger partial charge on any atom is 0.0209 e. The third-order valence-corrected chi connectivity index (χ3v) is 5.48. The van der Waals surface area contributed by atoms with Crippen molar-refractivity contribution >= 4 is 23.1 Å². The van der Waals surface area contributed by atoms with Crippen molar-refractivity contribution in [2.45, 2.75) is 37.6 Å². The Hall–Kier alpha value is -0.770. The van der Waals surface area contributed by atoms with Gasteiger partial charge in [0, 0.05) is 21.6 Å². The van der Waals surface area contributed by atoms with Crippen molar-refractivity contribution in [2.75, 3.05) is 12.3 Å². The van der Waals surface area contributed by atoms with E-state index in [0.29, 0.717) is 6.04 Å². The van der Waals surface area contributed by atoms with E-state index in [-0.39, 0.29) is 0 Å². The van der Waals surface area contributed by atoms with Gasteiger partial charge in [-0.3, -0.25) is 0 Å². The molecular weight excluding hydrogens is 282 g/mol. The maximum atomic E-state index is 3.68. The van der Waals surface area contributed by atoms with Gasteiger partial charge in [-0.25, -0.2) is 0 Å². The van der Waals surface area contributed by atoms with Gasteiger partial charge in [-0.2, -0.15) is 0 Å². The molecular formula is C17H23NS2. The van der Waals surface area contributed by atoms with Crippen molar-refractivity contribution < 1.29 is 0 Å². The van der Waals surface area contributed by atoms with Gasteiger partial charge < -0.3 is 5.32 Å². The first-order valence-corrected chi connectivity index (χ1v) is 9.10. The topological polar surface area (TPSA) is 12.0 Å². The quantitative estimate of drug-likeness (QED) is 0.706. The van der Waals surface area contributed by atoms with E-state index in [1.54, 1.807) is 0 Å². The molecule has 1 nitrogen and oxygen atoms in total. The predicted molar refractivity (Wildman–Crippen MR) is 92.0 cm³/mol. The van der Waals surface area contributed by atoms with Gasteiger partial charge in [0.2, 0.25) is 0 Å². The summed E-state index contributed by atoms with van der Waals surface area (Å²) in [5.41, 5.74) is 1.38. The van der Waals surface area contributed by atoms with Crippen LogP contribution in [-0.4, -0.2) is 18.3 Å². The molecule has 0 spiro atoms. The molecule has 0 bridgehead atoms. The number of hydrogen-bond acceptors (Lipinski definition) is 3. The van der Waals surface area contributed by atoms with Crippen LogP contribution in [-0.2, 0) is 6.42 Å². The number of aryl methyl sites for hydroxylation is 1. The third-order valence-electron chi connectivity index (χ3n) is 3.24. The number of hydrogen-bond donors (Lipinski definition) is 1. The molecule has 0 radical (unpaired) electrons. The van der Waals surface area contributed by atoms with E-state index in [1.165, 1.54) is 21.8 Å². The lowest BCUT2D eigenvalue weighted by molar-refractivity contribution is 0.553. The molecule has 0 aliphatic carbocycles. The van der Waals surface area contributed by atoms with Crippen LogP contribution >= 0.6 is 23.1 Å². The van der Waals surface area contributed by atoms with Crippen molar-refractivity contribution in [1.29, 1.82) is 0 Å². The van der Waals surface area contributed by atoms with Gasteiger partial charge in [0.05, 0.1) is 0 Å². The summed E-state index contributed by atoms with van der Waals surface area (Å²) in [5, 5.41) is 5.85. The van der Waals surface area contributed by atoms with E-state index < -0.39 is 0 Å². The average molecular weight is 306 g/mol. The molecule has 20 heavy (non-hydrogen) atoms. The Bertz CT molecular complexity index is 493. The standard InChI is InChI=1S/C17H23NS2/c1-3-10-18-15(12-16-8-6-11-19-16)13-20-17-9-5-4-7-14(17)2/h4-9,11,15,18H,3,10,12-13H2,1-2H3. The summed E-state index contributed by atoms with van der Waals surface area (Å²) in [5.74, 6) is 1.13. The molecule has 0 saturated carbocycles. The van der Waals surface area contributed by atoms with Gasteiger partial charge in [-0.05, 0) is 49.4 Å². The molecule has 1 atom stereocenters. The molecule has 0 amide bonds. The van der Waals surface area contributed by atoms with Gasteiger partial charge >= 0.3 is 0 Å². The Morgan fingerprint density at radius 1 is 1.20 bits per heavy atom. The summed E-state index contributed by atoms with van der Waals surface area (Å²) in [6.07, 6.45) is 2.33. The highest BCUT2D eigenvalue weighted by atomic mass is 32.2. The first-order valence-electron chi connectivity index (χ1n) is 7.23. The van der Waals surface area contributed by atoms with Crippen LogP contribution in [0.25, 0.3) is 0 Å². The van der Waals surface area contributed by atoms with Crippen LogP contribution in [0.2, 0.25) is 0 Å². The fraction of sp³-hybridized carbons (Fsp3) is 0.412. The Kier molecular flexibility index (Phi) is 6.64. The van der Waals surface area contributed by atoms with Crippen LogP contribution in [0.3, 0.4) is 0 Å².